The third kappa shape index (κ3) is 5.26. The molecule has 0 bridgehead atoms. The Labute approximate surface area is 123 Å². The van der Waals surface area contributed by atoms with Crippen LogP contribution in [0.2, 0.25) is 0 Å². The van der Waals surface area contributed by atoms with Gasteiger partial charge < -0.3 is 9.47 Å². The second kappa shape index (κ2) is 7.43. The highest BCUT2D eigenvalue weighted by Gasteiger charge is 2.31. The van der Waals surface area contributed by atoms with E-state index in [-0.39, 0.29) is 11.4 Å². The summed E-state index contributed by atoms with van der Waals surface area (Å²) in [5.41, 5.74) is -0.684. The summed E-state index contributed by atoms with van der Waals surface area (Å²) in [6.45, 7) is 7.09. The van der Waals surface area contributed by atoms with Gasteiger partial charge in [0.2, 0.25) is 0 Å². The van der Waals surface area contributed by atoms with Gasteiger partial charge in [-0.3, -0.25) is 4.79 Å². The van der Waals surface area contributed by atoms with E-state index in [0.717, 1.165) is 17.3 Å². The molecule has 1 rings (SSSR count). The van der Waals surface area contributed by atoms with Gasteiger partial charge in [0.15, 0.2) is 11.5 Å². The molecule has 1 aliphatic rings. The number of carbonyl (C=O) groups is 2. The minimum atomic E-state index is -0.842. The molecule has 2 atom stereocenters. The molecule has 4 nitrogen and oxygen atoms in total. The van der Waals surface area contributed by atoms with Crippen LogP contribution >= 0.6 is 23.5 Å². The molecular formula is C13H22O4S2. The molecule has 1 heterocycles. The highest BCUT2D eigenvalue weighted by atomic mass is 32.2. The molecule has 1 aliphatic heterocycles. The molecule has 0 aliphatic carbocycles. The average Bonchev–Trinajstić information content (AvgIpc) is 2.39. The first kappa shape index (κ1) is 16.7. The summed E-state index contributed by atoms with van der Waals surface area (Å²) in [5, 5.41) is 0. The van der Waals surface area contributed by atoms with Crippen LogP contribution in [0.4, 0.5) is 0 Å². The molecule has 1 saturated heterocycles. The Bertz CT molecular complexity index is 325. The zero-order valence-electron chi connectivity index (χ0n) is 11.9. The van der Waals surface area contributed by atoms with E-state index in [1.54, 1.807) is 44.3 Å². The smallest absolute Gasteiger partial charge is 0.348 e. The molecule has 2 unspecified atom stereocenters. The van der Waals surface area contributed by atoms with Crippen molar-refractivity contribution >= 4 is 35.5 Å². The second-order valence-electron chi connectivity index (χ2n) is 5.10. The third-order valence-corrected chi connectivity index (χ3v) is 5.66. The molecule has 1 fully saturated rings. The van der Waals surface area contributed by atoms with Crippen molar-refractivity contribution in [3.8, 4) is 0 Å². The number of esters is 2. The molecule has 0 N–H and O–H groups in total. The molecule has 0 aromatic rings. The second-order valence-corrected chi connectivity index (χ2v) is 7.51. The molecule has 0 radical (unpaired) electrons. The van der Waals surface area contributed by atoms with Gasteiger partial charge in [0.05, 0.1) is 5.41 Å². The number of hydrogen-bond acceptors (Lipinski definition) is 6. The lowest BCUT2D eigenvalue weighted by Crippen LogP contribution is -2.35. The van der Waals surface area contributed by atoms with Gasteiger partial charge in [0.1, 0.15) is 0 Å². The Morgan fingerprint density at radius 2 is 2.05 bits per heavy atom. The van der Waals surface area contributed by atoms with E-state index in [1.807, 2.05) is 6.92 Å². The van der Waals surface area contributed by atoms with Gasteiger partial charge in [-0.2, -0.15) is 11.8 Å². The Balaban J connectivity index is 2.41. The Kier molecular flexibility index (Phi) is 6.53. The van der Waals surface area contributed by atoms with Crippen molar-refractivity contribution in [2.24, 2.45) is 5.41 Å². The van der Waals surface area contributed by atoms with Crippen molar-refractivity contribution < 1.29 is 19.1 Å². The standard InChI is InChI=1S/C13H22O4S2/c1-5-13(3,4)12(15)16-9(2)11(14)17-10-8-18-6-7-19-10/h9-10H,5-8H2,1-4H3. The number of ether oxygens (including phenoxy) is 2. The monoisotopic (exact) mass is 306 g/mol. The van der Waals surface area contributed by atoms with E-state index in [4.69, 9.17) is 9.47 Å². The van der Waals surface area contributed by atoms with Crippen LogP contribution < -0.4 is 0 Å². The first-order valence-corrected chi connectivity index (χ1v) is 8.68. The maximum Gasteiger partial charge on any atom is 0.348 e. The predicted molar refractivity (Wildman–Crippen MR) is 79.3 cm³/mol. The summed E-state index contributed by atoms with van der Waals surface area (Å²) >= 11 is 3.41. The summed E-state index contributed by atoms with van der Waals surface area (Å²) in [5.74, 6) is 2.07. The Morgan fingerprint density at radius 1 is 1.37 bits per heavy atom. The van der Waals surface area contributed by atoms with E-state index in [1.165, 1.54) is 0 Å². The van der Waals surface area contributed by atoms with Gasteiger partial charge in [-0.05, 0) is 27.2 Å². The SMILES string of the molecule is CCC(C)(C)C(=O)OC(C)C(=O)OC1CSCCS1. The molecule has 0 saturated carbocycles. The van der Waals surface area contributed by atoms with Crippen molar-refractivity contribution in [1.82, 2.24) is 0 Å². The third-order valence-electron chi connectivity index (χ3n) is 3.09. The van der Waals surface area contributed by atoms with Crippen molar-refractivity contribution in [1.29, 1.82) is 0 Å². The van der Waals surface area contributed by atoms with Crippen LogP contribution in [0.15, 0.2) is 0 Å². The predicted octanol–water partition coefficient (Wildman–Crippen LogP) is 2.70. The van der Waals surface area contributed by atoms with Crippen LogP contribution in [-0.2, 0) is 19.1 Å². The van der Waals surface area contributed by atoms with Gasteiger partial charge in [-0.25, -0.2) is 4.79 Å². The lowest BCUT2D eigenvalue weighted by atomic mass is 9.91. The van der Waals surface area contributed by atoms with Gasteiger partial charge in [-0.1, -0.05) is 6.92 Å². The zero-order valence-corrected chi connectivity index (χ0v) is 13.6. The largest absolute Gasteiger partial charge is 0.450 e. The summed E-state index contributed by atoms with van der Waals surface area (Å²) in [6, 6.07) is 0. The quantitative estimate of drug-likeness (QED) is 0.728. The fourth-order valence-corrected chi connectivity index (χ4v) is 3.65. The van der Waals surface area contributed by atoms with Crippen molar-refractivity contribution in [3.63, 3.8) is 0 Å². The molecule has 19 heavy (non-hydrogen) atoms. The minimum absolute atomic E-state index is 0.119. The number of hydrogen-bond donors (Lipinski definition) is 0. The van der Waals surface area contributed by atoms with Gasteiger partial charge >= 0.3 is 11.9 Å². The molecule has 0 amide bonds. The fourth-order valence-electron chi connectivity index (χ4n) is 1.27. The summed E-state index contributed by atoms with van der Waals surface area (Å²) in [6.07, 6.45) is -0.172. The van der Waals surface area contributed by atoms with E-state index in [0.29, 0.717) is 6.42 Å². The molecular weight excluding hydrogens is 284 g/mol. The minimum Gasteiger partial charge on any atom is -0.450 e. The molecule has 0 aromatic heterocycles. The maximum absolute atomic E-state index is 11.9. The van der Waals surface area contributed by atoms with Crippen LogP contribution in [0.3, 0.4) is 0 Å². The van der Waals surface area contributed by atoms with E-state index >= 15 is 0 Å². The topological polar surface area (TPSA) is 52.6 Å². The fraction of sp³-hybridized carbons (Fsp3) is 0.846. The highest BCUT2D eigenvalue weighted by molar-refractivity contribution is 8.06. The average molecular weight is 306 g/mol. The molecule has 0 spiro atoms. The lowest BCUT2D eigenvalue weighted by molar-refractivity contribution is -0.172. The van der Waals surface area contributed by atoms with Crippen LogP contribution in [-0.4, -0.2) is 40.7 Å². The van der Waals surface area contributed by atoms with Crippen molar-refractivity contribution in [2.75, 3.05) is 17.3 Å². The number of rotatable bonds is 5. The van der Waals surface area contributed by atoms with Gasteiger partial charge in [0.25, 0.3) is 0 Å². The van der Waals surface area contributed by atoms with Crippen molar-refractivity contribution in [3.05, 3.63) is 0 Å². The van der Waals surface area contributed by atoms with Crippen LogP contribution in [0.25, 0.3) is 0 Å². The van der Waals surface area contributed by atoms with Gasteiger partial charge in [-0.15, -0.1) is 11.8 Å². The van der Waals surface area contributed by atoms with Crippen LogP contribution in [0, 0.1) is 5.41 Å². The Morgan fingerprint density at radius 3 is 2.58 bits per heavy atom. The lowest BCUT2D eigenvalue weighted by Gasteiger charge is -2.25. The van der Waals surface area contributed by atoms with Crippen molar-refractivity contribution in [2.45, 2.75) is 45.7 Å². The normalized spacial score (nSPS) is 21.6. The van der Waals surface area contributed by atoms with E-state index in [2.05, 4.69) is 0 Å². The van der Waals surface area contributed by atoms with Crippen LogP contribution in [0.1, 0.15) is 34.1 Å². The number of carbonyl (C=O) groups excluding carboxylic acids is 2. The number of thioether (sulfide) groups is 2. The molecule has 6 heteroatoms. The molecule has 110 valence electrons. The molecule has 0 aromatic carbocycles. The van der Waals surface area contributed by atoms with Crippen LogP contribution in [0.5, 0.6) is 0 Å². The Hall–Kier alpha value is -0.360. The van der Waals surface area contributed by atoms with Gasteiger partial charge in [0, 0.05) is 17.3 Å². The van der Waals surface area contributed by atoms with E-state index in [9.17, 15) is 9.59 Å². The highest BCUT2D eigenvalue weighted by Crippen LogP contribution is 2.26. The zero-order chi connectivity index (χ0) is 14.5. The van der Waals surface area contributed by atoms with E-state index < -0.39 is 17.5 Å². The summed E-state index contributed by atoms with van der Waals surface area (Å²) in [4.78, 5) is 23.7. The summed E-state index contributed by atoms with van der Waals surface area (Å²) < 4.78 is 10.5. The summed E-state index contributed by atoms with van der Waals surface area (Å²) in [7, 11) is 0. The maximum atomic E-state index is 11.9. The first-order chi connectivity index (χ1) is 8.86. The first-order valence-electron chi connectivity index (χ1n) is 6.47.